The fraction of sp³-hybridized carbons (Fsp3) is 0.400. The lowest BCUT2D eigenvalue weighted by Crippen LogP contribution is -2.36. The van der Waals surface area contributed by atoms with Crippen LogP contribution < -0.4 is 0 Å². The molecule has 0 radical (unpaired) electrons. The van der Waals surface area contributed by atoms with E-state index in [4.69, 9.17) is 14.2 Å². The van der Waals surface area contributed by atoms with E-state index < -0.39 is 11.8 Å². The highest BCUT2D eigenvalue weighted by Gasteiger charge is 2.47. The Bertz CT molecular complexity index is 549. The summed E-state index contributed by atoms with van der Waals surface area (Å²) in [4.78, 5) is 11.7. The molecule has 3 rings (SSSR count). The van der Waals surface area contributed by atoms with E-state index in [1.807, 2.05) is 31.2 Å². The number of hydrogen-bond acceptors (Lipinski definition) is 4. The standard InChI is InChI=1S/C15H16O4/c1-10-7-13(14(16)17-2)19-15(8-10)12-6-4-3-5-11(12)9-18-15/h3-7,10H,8-9H2,1-2H3/t10-,15+/m0/s1. The molecule has 0 aromatic heterocycles. The van der Waals surface area contributed by atoms with Gasteiger partial charge in [-0.1, -0.05) is 31.2 Å². The maximum absolute atomic E-state index is 11.7. The van der Waals surface area contributed by atoms with Crippen molar-refractivity contribution in [3.05, 3.63) is 47.2 Å². The monoisotopic (exact) mass is 260 g/mol. The van der Waals surface area contributed by atoms with E-state index in [9.17, 15) is 4.79 Å². The summed E-state index contributed by atoms with van der Waals surface area (Å²) >= 11 is 0. The first kappa shape index (κ1) is 12.2. The zero-order valence-corrected chi connectivity index (χ0v) is 11.0. The van der Waals surface area contributed by atoms with Crippen molar-refractivity contribution in [1.29, 1.82) is 0 Å². The quantitative estimate of drug-likeness (QED) is 0.728. The maximum atomic E-state index is 11.7. The molecule has 2 aliphatic heterocycles. The number of hydrogen-bond donors (Lipinski definition) is 0. The van der Waals surface area contributed by atoms with Gasteiger partial charge in [-0.05, 0) is 17.6 Å². The van der Waals surface area contributed by atoms with Crippen LogP contribution in [-0.4, -0.2) is 13.1 Å². The van der Waals surface area contributed by atoms with Gasteiger partial charge >= 0.3 is 5.97 Å². The van der Waals surface area contributed by atoms with Crippen molar-refractivity contribution in [3.63, 3.8) is 0 Å². The predicted octanol–water partition coefficient (Wildman–Crippen LogP) is 2.48. The van der Waals surface area contributed by atoms with Gasteiger partial charge in [0.25, 0.3) is 0 Å². The summed E-state index contributed by atoms with van der Waals surface area (Å²) in [7, 11) is 1.35. The van der Waals surface area contributed by atoms with Crippen LogP contribution in [0, 0.1) is 5.92 Å². The Morgan fingerprint density at radius 2 is 2.21 bits per heavy atom. The van der Waals surface area contributed by atoms with Crippen molar-refractivity contribution in [2.45, 2.75) is 25.7 Å². The predicted molar refractivity (Wildman–Crippen MR) is 67.9 cm³/mol. The molecule has 0 fully saturated rings. The third kappa shape index (κ3) is 1.92. The summed E-state index contributed by atoms with van der Waals surface area (Å²) in [6.45, 7) is 2.55. The fourth-order valence-electron chi connectivity index (χ4n) is 2.75. The van der Waals surface area contributed by atoms with Gasteiger partial charge in [0.1, 0.15) is 0 Å². The fourth-order valence-corrected chi connectivity index (χ4v) is 2.75. The van der Waals surface area contributed by atoms with E-state index in [0.717, 1.165) is 11.1 Å². The number of ether oxygens (including phenoxy) is 3. The third-order valence-corrected chi connectivity index (χ3v) is 3.58. The van der Waals surface area contributed by atoms with E-state index in [1.165, 1.54) is 7.11 Å². The zero-order chi connectivity index (χ0) is 13.5. The largest absolute Gasteiger partial charge is 0.463 e. The molecule has 2 heterocycles. The molecule has 2 aliphatic rings. The van der Waals surface area contributed by atoms with E-state index in [1.54, 1.807) is 6.08 Å². The van der Waals surface area contributed by atoms with Gasteiger partial charge in [-0.3, -0.25) is 0 Å². The van der Waals surface area contributed by atoms with E-state index >= 15 is 0 Å². The molecular weight excluding hydrogens is 244 g/mol. The Balaban J connectivity index is 2.00. The van der Waals surface area contributed by atoms with Gasteiger partial charge in [-0.25, -0.2) is 4.79 Å². The van der Waals surface area contributed by atoms with Crippen LogP contribution in [0.3, 0.4) is 0 Å². The van der Waals surface area contributed by atoms with Crippen molar-refractivity contribution in [2.75, 3.05) is 7.11 Å². The lowest BCUT2D eigenvalue weighted by Gasteiger charge is -2.35. The SMILES string of the molecule is COC(=O)C1=C[C@H](C)C[C@@]2(OCc3ccccc32)O1. The third-order valence-electron chi connectivity index (χ3n) is 3.58. The molecule has 2 atom stereocenters. The summed E-state index contributed by atoms with van der Waals surface area (Å²) in [6, 6.07) is 7.95. The molecule has 4 nitrogen and oxygen atoms in total. The number of carbonyl (C=O) groups is 1. The van der Waals surface area contributed by atoms with Crippen molar-refractivity contribution < 1.29 is 19.0 Å². The Hall–Kier alpha value is -1.81. The number of fused-ring (bicyclic) bond motifs is 2. The van der Waals surface area contributed by atoms with E-state index in [2.05, 4.69) is 0 Å². The number of esters is 1. The van der Waals surface area contributed by atoms with Gasteiger partial charge in [-0.2, -0.15) is 0 Å². The minimum Gasteiger partial charge on any atom is -0.463 e. The Morgan fingerprint density at radius 1 is 1.42 bits per heavy atom. The van der Waals surface area contributed by atoms with Gasteiger partial charge in [0.05, 0.1) is 13.7 Å². The maximum Gasteiger partial charge on any atom is 0.373 e. The van der Waals surface area contributed by atoms with E-state index in [-0.39, 0.29) is 11.7 Å². The van der Waals surface area contributed by atoms with Crippen molar-refractivity contribution in [1.82, 2.24) is 0 Å². The Kier molecular flexibility index (Phi) is 2.82. The zero-order valence-electron chi connectivity index (χ0n) is 11.0. The van der Waals surface area contributed by atoms with Gasteiger partial charge in [0, 0.05) is 12.0 Å². The molecule has 0 aliphatic carbocycles. The van der Waals surface area contributed by atoms with Crippen LogP contribution in [0.15, 0.2) is 36.1 Å². The highest BCUT2D eigenvalue weighted by atomic mass is 16.7. The molecule has 1 spiro atoms. The Morgan fingerprint density at radius 3 is 3.00 bits per heavy atom. The normalized spacial score (nSPS) is 28.5. The highest BCUT2D eigenvalue weighted by Crippen LogP contribution is 2.46. The van der Waals surface area contributed by atoms with Gasteiger partial charge in [-0.15, -0.1) is 0 Å². The second-order valence-electron chi connectivity index (χ2n) is 5.00. The van der Waals surface area contributed by atoms with Gasteiger partial charge in [0.2, 0.25) is 11.5 Å². The summed E-state index contributed by atoms with van der Waals surface area (Å²) in [5.74, 6) is -0.875. The van der Waals surface area contributed by atoms with Gasteiger partial charge in [0.15, 0.2) is 0 Å². The first-order valence-corrected chi connectivity index (χ1v) is 6.36. The molecule has 100 valence electrons. The van der Waals surface area contributed by atoms with Crippen molar-refractivity contribution >= 4 is 5.97 Å². The number of carbonyl (C=O) groups excluding carboxylic acids is 1. The smallest absolute Gasteiger partial charge is 0.373 e. The summed E-state index contributed by atoms with van der Waals surface area (Å²) in [5.41, 5.74) is 2.12. The topological polar surface area (TPSA) is 44.8 Å². The van der Waals surface area contributed by atoms with Gasteiger partial charge < -0.3 is 14.2 Å². The minimum absolute atomic E-state index is 0.189. The summed E-state index contributed by atoms with van der Waals surface area (Å²) < 4.78 is 16.5. The second-order valence-corrected chi connectivity index (χ2v) is 5.00. The second kappa shape index (κ2) is 4.38. The number of rotatable bonds is 1. The van der Waals surface area contributed by atoms with Crippen molar-refractivity contribution in [2.24, 2.45) is 5.92 Å². The molecular formula is C15H16O4. The highest BCUT2D eigenvalue weighted by molar-refractivity contribution is 5.86. The molecule has 1 aromatic carbocycles. The van der Waals surface area contributed by atoms with Crippen LogP contribution in [0.4, 0.5) is 0 Å². The summed E-state index contributed by atoms with van der Waals surface area (Å²) in [6.07, 6.45) is 2.49. The van der Waals surface area contributed by atoms with Crippen molar-refractivity contribution in [3.8, 4) is 0 Å². The first-order chi connectivity index (χ1) is 9.14. The lowest BCUT2D eigenvalue weighted by molar-refractivity contribution is -0.234. The van der Waals surface area contributed by atoms with Crippen LogP contribution in [0.25, 0.3) is 0 Å². The number of benzene rings is 1. The average Bonchev–Trinajstić information content (AvgIpc) is 2.76. The first-order valence-electron chi connectivity index (χ1n) is 6.36. The van der Waals surface area contributed by atoms with E-state index in [0.29, 0.717) is 13.0 Å². The van der Waals surface area contributed by atoms with Crippen LogP contribution in [0.2, 0.25) is 0 Å². The minimum atomic E-state index is -0.839. The van der Waals surface area contributed by atoms with Crippen LogP contribution in [-0.2, 0) is 31.4 Å². The molecule has 0 N–H and O–H groups in total. The van der Waals surface area contributed by atoms with Crippen LogP contribution in [0.1, 0.15) is 24.5 Å². The Labute approximate surface area is 112 Å². The molecule has 0 unspecified atom stereocenters. The molecule has 0 amide bonds. The molecule has 4 heteroatoms. The number of allylic oxidation sites excluding steroid dienone is 1. The van der Waals surface area contributed by atoms with Crippen LogP contribution in [0.5, 0.6) is 0 Å². The number of methoxy groups -OCH3 is 1. The van der Waals surface area contributed by atoms with Crippen LogP contribution >= 0.6 is 0 Å². The molecule has 1 aromatic rings. The molecule has 0 saturated carbocycles. The average molecular weight is 260 g/mol. The molecule has 19 heavy (non-hydrogen) atoms. The molecule has 0 saturated heterocycles. The lowest BCUT2D eigenvalue weighted by atomic mass is 9.91. The molecule has 0 bridgehead atoms. The summed E-state index contributed by atoms with van der Waals surface area (Å²) in [5, 5.41) is 0.